The lowest BCUT2D eigenvalue weighted by Crippen LogP contribution is -2.49. The fraction of sp³-hybridized carbons (Fsp3) is 0.312. The molecule has 0 bridgehead atoms. The molecule has 0 unspecified atom stereocenters. The van der Waals surface area contributed by atoms with Crippen LogP contribution in [0.4, 0.5) is 23.7 Å². The number of piperazine rings is 1. The number of rotatable bonds is 5. The predicted molar refractivity (Wildman–Crippen MR) is 153 cm³/mol. The number of halogens is 3. The van der Waals surface area contributed by atoms with Crippen molar-refractivity contribution in [3.8, 4) is 0 Å². The number of hydrogen-bond acceptors (Lipinski definition) is 4. The van der Waals surface area contributed by atoms with Crippen molar-refractivity contribution in [3.63, 3.8) is 0 Å². The van der Waals surface area contributed by atoms with Crippen LogP contribution in [0.1, 0.15) is 28.4 Å². The molecule has 42 heavy (non-hydrogen) atoms. The second-order valence-corrected chi connectivity index (χ2v) is 11.2. The van der Waals surface area contributed by atoms with Gasteiger partial charge in [0.15, 0.2) is 0 Å². The molecule has 3 amide bonds. The molecule has 7 rings (SSSR count). The zero-order chi connectivity index (χ0) is 29.0. The lowest BCUT2D eigenvalue weighted by molar-refractivity contribution is -0.137. The lowest BCUT2D eigenvalue weighted by atomic mass is 9.89. The summed E-state index contributed by atoms with van der Waals surface area (Å²) in [5, 5.41) is 1.07. The number of para-hydroxylation sites is 1. The van der Waals surface area contributed by atoms with E-state index in [9.17, 15) is 22.8 Å². The van der Waals surface area contributed by atoms with E-state index in [0.29, 0.717) is 44.8 Å². The van der Waals surface area contributed by atoms with Crippen LogP contribution >= 0.6 is 0 Å². The molecule has 0 radical (unpaired) electrons. The van der Waals surface area contributed by atoms with Gasteiger partial charge in [-0.1, -0.05) is 54.6 Å². The van der Waals surface area contributed by atoms with Gasteiger partial charge in [0.05, 0.1) is 5.56 Å². The molecular weight excluding hydrogens is 543 g/mol. The zero-order valence-electron chi connectivity index (χ0n) is 22.8. The minimum Gasteiger partial charge on any atom is -0.369 e. The van der Waals surface area contributed by atoms with Crippen LogP contribution in [0.2, 0.25) is 0 Å². The molecule has 0 spiro atoms. The number of anilines is 1. The molecule has 3 aliphatic rings. The van der Waals surface area contributed by atoms with E-state index in [4.69, 9.17) is 0 Å². The number of imide groups is 1. The van der Waals surface area contributed by atoms with E-state index >= 15 is 0 Å². The van der Waals surface area contributed by atoms with Gasteiger partial charge in [-0.3, -0.25) is 19.5 Å². The molecule has 4 aromatic rings. The van der Waals surface area contributed by atoms with Crippen LogP contribution in [-0.2, 0) is 17.4 Å². The highest BCUT2D eigenvalue weighted by Gasteiger charge is 2.52. The van der Waals surface area contributed by atoms with E-state index in [2.05, 4.69) is 16.0 Å². The van der Waals surface area contributed by atoms with Gasteiger partial charge in [0.1, 0.15) is 12.1 Å². The van der Waals surface area contributed by atoms with Crippen molar-refractivity contribution in [2.75, 3.05) is 44.2 Å². The third kappa shape index (κ3) is 4.50. The second-order valence-electron chi connectivity index (χ2n) is 11.2. The van der Waals surface area contributed by atoms with Crippen molar-refractivity contribution in [3.05, 3.63) is 101 Å². The van der Waals surface area contributed by atoms with E-state index in [1.807, 2.05) is 53.4 Å². The average molecular weight is 574 g/mol. The highest BCUT2D eigenvalue weighted by Crippen LogP contribution is 2.44. The number of hydrogen-bond donors (Lipinski definition) is 1. The number of nitrogens with zero attached hydrogens (tertiary/aromatic N) is 4. The summed E-state index contributed by atoms with van der Waals surface area (Å²) in [6.45, 7) is 3.17. The molecule has 1 aromatic heterocycles. The molecule has 10 heteroatoms. The van der Waals surface area contributed by atoms with E-state index in [0.717, 1.165) is 33.8 Å². The van der Waals surface area contributed by atoms with Crippen molar-refractivity contribution in [2.24, 2.45) is 0 Å². The zero-order valence-corrected chi connectivity index (χ0v) is 22.8. The fourth-order valence-corrected chi connectivity index (χ4v) is 6.67. The Hall–Kier alpha value is -4.31. The minimum absolute atomic E-state index is 0.181. The highest BCUT2D eigenvalue weighted by atomic mass is 19.4. The summed E-state index contributed by atoms with van der Waals surface area (Å²) in [6, 6.07) is 22.0. The van der Waals surface area contributed by atoms with Gasteiger partial charge < -0.3 is 9.88 Å². The van der Waals surface area contributed by atoms with Gasteiger partial charge >= 0.3 is 12.2 Å². The minimum atomic E-state index is -4.38. The van der Waals surface area contributed by atoms with Crippen LogP contribution in [-0.4, -0.2) is 76.9 Å². The van der Waals surface area contributed by atoms with Crippen molar-refractivity contribution in [1.29, 1.82) is 0 Å². The number of fused-ring (bicyclic) bond motifs is 4. The van der Waals surface area contributed by atoms with E-state index in [1.165, 1.54) is 17.0 Å². The fourth-order valence-electron chi connectivity index (χ4n) is 6.67. The van der Waals surface area contributed by atoms with Crippen LogP contribution in [0.25, 0.3) is 10.9 Å². The summed E-state index contributed by atoms with van der Waals surface area (Å²) in [5.74, 6) is -0.181. The third-order valence-electron chi connectivity index (χ3n) is 8.80. The molecular formula is C32H30F3N5O2. The summed E-state index contributed by atoms with van der Waals surface area (Å²) in [7, 11) is 0. The lowest BCUT2D eigenvalue weighted by Gasteiger charge is -2.37. The Morgan fingerprint density at radius 3 is 2.33 bits per heavy atom. The molecule has 0 aliphatic carbocycles. The predicted octanol–water partition coefficient (Wildman–Crippen LogP) is 5.29. The number of nitrogens with one attached hydrogen (secondary N) is 1. The monoisotopic (exact) mass is 573 g/mol. The number of H-pyrrole nitrogens is 1. The normalized spacial score (nSPS) is 21.3. The van der Waals surface area contributed by atoms with E-state index in [1.54, 1.807) is 11.0 Å². The standard InChI is InChI=1S/C32H30F3N5O2/c33-32(34,35)22-9-6-10-23(19-22)38-16-13-37(14-17-38)15-18-39-30(41)27-20-25-24-11-4-5-12-26(24)36-28(25)29(40(27)31(39)42)21-7-2-1-3-8-21/h1-12,19,27,29,36H,13-18,20H2/t27-,29+/m1/s1. The number of benzene rings is 3. The number of amides is 3. The van der Waals surface area contributed by atoms with Gasteiger partial charge in [-0.05, 0) is 35.4 Å². The Kier molecular flexibility index (Phi) is 6.46. The van der Waals surface area contributed by atoms with Crippen molar-refractivity contribution >= 4 is 28.5 Å². The molecule has 2 saturated heterocycles. The first-order valence-corrected chi connectivity index (χ1v) is 14.2. The molecule has 216 valence electrons. The number of carbonyl (C=O) groups is 2. The Morgan fingerprint density at radius 1 is 0.833 bits per heavy atom. The Labute approximate surface area is 241 Å². The summed E-state index contributed by atoms with van der Waals surface area (Å²) >= 11 is 0. The molecule has 1 N–H and O–H groups in total. The van der Waals surface area contributed by atoms with Crippen LogP contribution in [0.15, 0.2) is 78.9 Å². The first-order chi connectivity index (χ1) is 20.3. The number of carbonyl (C=O) groups excluding carboxylic acids is 2. The molecule has 3 aliphatic heterocycles. The van der Waals surface area contributed by atoms with Crippen molar-refractivity contribution in [2.45, 2.75) is 24.7 Å². The van der Waals surface area contributed by atoms with Gasteiger partial charge in [0.25, 0.3) is 5.91 Å². The largest absolute Gasteiger partial charge is 0.416 e. The molecule has 7 nitrogen and oxygen atoms in total. The first kappa shape index (κ1) is 26.6. The van der Waals surface area contributed by atoms with Crippen LogP contribution in [0.5, 0.6) is 0 Å². The maximum Gasteiger partial charge on any atom is 0.416 e. The summed E-state index contributed by atoms with van der Waals surface area (Å²) < 4.78 is 39.5. The van der Waals surface area contributed by atoms with E-state index in [-0.39, 0.29) is 18.5 Å². The highest BCUT2D eigenvalue weighted by molar-refractivity contribution is 6.05. The third-order valence-corrected chi connectivity index (χ3v) is 8.80. The maximum absolute atomic E-state index is 13.9. The SMILES string of the molecule is O=C1[C@H]2Cc3c([nH]c4ccccc34)[C@H](c3ccccc3)N2C(=O)N1CCN1CCN(c2cccc(C(F)(F)F)c2)CC1. The van der Waals surface area contributed by atoms with Gasteiger partial charge in [-0.2, -0.15) is 13.2 Å². The average Bonchev–Trinajstić information content (AvgIpc) is 3.49. The Balaban J connectivity index is 1.07. The molecule has 3 aromatic carbocycles. The van der Waals surface area contributed by atoms with Gasteiger partial charge in [-0.25, -0.2) is 4.79 Å². The maximum atomic E-state index is 13.9. The van der Waals surface area contributed by atoms with Gasteiger partial charge in [0, 0.05) is 68.0 Å². The smallest absolute Gasteiger partial charge is 0.369 e. The van der Waals surface area contributed by atoms with Crippen molar-refractivity contribution in [1.82, 2.24) is 19.7 Å². The first-order valence-electron chi connectivity index (χ1n) is 14.2. The van der Waals surface area contributed by atoms with Crippen molar-refractivity contribution < 1.29 is 22.8 Å². The van der Waals surface area contributed by atoms with Crippen LogP contribution in [0, 0.1) is 0 Å². The number of aromatic amines is 1. The second kappa shape index (κ2) is 10.2. The number of urea groups is 1. The molecule has 2 atom stereocenters. The van der Waals surface area contributed by atoms with Gasteiger partial charge in [-0.15, -0.1) is 0 Å². The Morgan fingerprint density at radius 2 is 1.57 bits per heavy atom. The number of alkyl halides is 3. The summed E-state index contributed by atoms with van der Waals surface area (Å²) in [4.78, 5) is 38.4. The molecule has 0 saturated carbocycles. The molecule has 2 fully saturated rings. The van der Waals surface area contributed by atoms with Gasteiger partial charge in [0.2, 0.25) is 0 Å². The quantitative estimate of drug-likeness (QED) is 0.330. The van der Waals surface area contributed by atoms with Crippen LogP contribution in [0.3, 0.4) is 0 Å². The number of aromatic nitrogens is 1. The molecule has 4 heterocycles. The summed E-state index contributed by atoms with van der Waals surface area (Å²) in [5.41, 5.74) is 3.86. The topological polar surface area (TPSA) is 62.9 Å². The van der Waals surface area contributed by atoms with Crippen LogP contribution < -0.4 is 4.90 Å². The van der Waals surface area contributed by atoms with E-state index < -0.39 is 23.8 Å². The summed E-state index contributed by atoms with van der Waals surface area (Å²) in [6.07, 6.45) is -3.92. The Bertz CT molecular complexity index is 1640.